The fourth-order valence-corrected chi connectivity index (χ4v) is 1.60. The van der Waals surface area contributed by atoms with Crippen molar-refractivity contribution in [1.82, 2.24) is 10.2 Å². The molecule has 0 N–H and O–H groups in total. The fraction of sp³-hybridized carbons (Fsp3) is 0.273. The molecule has 0 saturated carbocycles. The highest BCUT2D eigenvalue weighted by atomic mass is 16.5. The number of rotatable bonds is 1. The summed E-state index contributed by atoms with van der Waals surface area (Å²) < 4.78 is 5.31. The zero-order valence-corrected chi connectivity index (χ0v) is 8.53. The molecule has 1 aromatic carbocycles. The van der Waals surface area contributed by atoms with Crippen LogP contribution in [0.25, 0.3) is 10.9 Å². The molecule has 14 heavy (non-hydrogen) atoms. The average Bonchev–Trinajstić information content (AvgIpc) is 2.18. The highest BCUT2D eigenvalue weighted by Gasteiger charge is 2.08. The van der Waals surface area contributed by atoms with E-state index in [2.05, 4.69) is 10.2 Å². The van der Waals surface area contributed by atoms with Crippen molar-refractivity contribution in [2.75, 3.05) is 7.11 Å². The summed E-state index contributed by atoms with van der Waals surface area (Å²) in [5, 5.41) is 9.25. The van der Waals surface area contributed by atoms with E-state index in [1.54, 1.807) is 7.11 Å². The molecule has 1 aromatic heterocycles. The van der Waals surface area contributed by atoms with Crippen LogP contribution in [0.4, 0.5) is 0 Å². The van der Waals surface area contributed by atoms with E-state index in [1.165, 1.54) is 0 Å². The van der Waals surface area contributed by atoms with Gasteiger partial charge in [-0.25, -0.2) is 0 Å². The van der Waals surface area contributed by atoms with Gasteiger partial charge in [0.05, 0.1) is 12.6 Å². The molecule has 0 unspecified atom stereocenters. The van der Waals surface area contributed by atoms with Crippen molar-refractivity contribution < 1.29 is 4.74 Å². The molecular weight excluding hydrogens is 176 g/mol. The van der Waals surface area contributed by atoms with E-state index in [0.717, 1.165) is 27.9 Å². The van der Waals surface area contributed by atoms with Crippen LogP contribution in [0.2, 0.25) is 0 Å². The second-order valence-corrected chi connectivity index (χ2v) is 3.29. The van der Waals surface area contributed by atoms with Gasteiger partial charge in [0.1, 0.15) is 5.69 Å². The third-order valence-electron chi connectivity index (χ3n) is 2.32. The maximum Gasteiger partial charge on any atom is 0.151 e. The lowest BCUT2D eigenvalue weighted by atomic mass is 10.1. The van der Waals surface area contributed by atoms with Crippen LogP contribution in [-0.2, 0) is 0 Å². The van der Waals surface area contributed by atoms with E-state index in [4.69, 9.17) is 4.74 Å². The first-order valence-electron chi connectivity index (χ1n) is 4.50. The summed E-state index contributed by atoms with van der Waals surface area (Å²) in [4.78, 5) is 0. The monoisotopic (exact) mass is 188 g/mol. The Morgan fingerprint density at radius 1 is 1.14 bits per heavy atom. The molecule has 2 rings (SSSR count). The standard InChI is InChI=1S/C11H12N2O/c1-7-5-4-6-9-10(7)13-12-8(2)11(9)14-3/h4-6H,1-3H3. The Balaban J connectivity index is 2.88. The molecule has 0 radical (unpaired) electrons. The topological polar surface area (TPSA) is 35.0 Å². The quantitative estimate of drug-likeness (QED) is 0.688. The zero-order valence-electron chi connectivity index (χ0n) is 8.53. The van der Waals surface area contributed by atoms with Gasteiger partial charge >= 0.3 is 0 Å². The predicted octanol–water partition coefficient (Wildman–Crippen LogP) is 2.26. The fourth-order valence-electron chi connectivity index (χ4n) is 1.60. The first-order chi connectivity index (χ1) is 6.74. The first-order valence-corrected chi connectivity index (χ1v) is 4.50. The molecule has 0 amide bonds. The number of methoxy groups -OCH3 is 1. The van der Waals surface area contributed by atoms with Gasteiger partial charge in [-0.2, -0.15) is 5.10 Å². The van der Waals surface area contributed by atoms with E-state index < -0.39 is 0 Å². The number of hydrogen-bond acceptors (Lipinski definition) is 3. The number of ether oxygens (including phenoxy) is 1. The average molecular weight is 188 g/mol. The van der Waals surface area contributed by atoms with Crippen molar-refractivity contribution in [3.05, 3.63) is 29.5 Å². The van der Waals surface area contributed by atoms with Crippen LogP contribution in [0, 0.1) is 13.8 Å². The second-order valence-electron chi connectivity index (χ2n) is 3.29. The molecule has 0 saturated heterocycles. The molecular formula is C11H12N2O. The lowest BCUT2D eigenvalue weighted by Gasteiger charge is -2.07. The lowest BCUT2D eigenvalue weighted by molar-refractivity contribution is 0.413. The number of aryl methyl sites for hydroxylation is 2. The molecule has 0 bridgehead atoms. The Morgan fingerprint density at radius 3 is 2.64 bits per heavy atom. The summed E-state index contributed by atoms with van der Waals surface area (Å²) in [7, 11) is 1.66. The summed E-state index contributed by atoms with van der Waals surface area (Å²) in [6.45, 7) is 3.92. The minimum Gasteiger partial charge on any atom is -0.494 e. The Kier molecular flexibility index (Phi) is 2.08. The number of aromatic nitrogens is 2. The van der Waals surface area contributed by atoms with Crippen molar-refractivity contribution in [3.8, 4) is 5.75 Å². The van der Waals surface area contributed by atoms with Crippen LogP contribution in [0.15, 0.2) is 18.2 Å². The van der Waals surface area contributed by atoms with E-state index in [0.29, 0.717) is 0 Å². The van der Waals surface area contributed by atoms with E-state index in [-0.39, 0.29) is 0 Å². The highest BCUT2D eigenvalue weighted by Crippen LogP contribution is 2.27. The predicted molar refractivity (Wildman–Crippen MR) is 55.6 cm³/mol. The molecule has 2 aromatic rings. The first kappa shape index (κ1) is 8.94. The van der Waals surface area contributed by atoms with Crippen molar-refractivity contribution in [1.29, 1.82) is 0 Å². The van der Waals surface area contributed by atoms with Crippen LogP contribution >= 0.6 is 0 Å². The van der Waals surface area contributed by atoms with Crippen LogP contribution in [0.5, 0.6) is 5.75 Å². The van der Waals surface area contributed by atoms with Crippen molar-refractivity contribution in [3.63, 3.8) is 0 Å². The summed E-state index contributed by atoms with van der Waals surface area (Å²) >= 11 is 0. The van der Waals surface area contributed by atoms with Gasteiger partial charge in [-0.05, 0) is 25.5 Å². The third kappa shape index (κ3) is 1.21. The molecule has 0 atom stereocenters. The summed E-state index contributed by atoms with van der Waals surface area (Å²) in [6.07, 6.45) is 0. The van der Waals surface area contributed by atoms with Crippen molar-refractivity contribution in [2.24, 2.45) is 0 Å². The van der Waals surface area contributed by atoms with Crippen LogP contribution in [0.1, 0.15) is 11.3 Å². The summed E-state index contributed by atoms with van der Waals surface area (Å²) in [6, 6.07) is 6.02. The third-order valence-corrected chi connectivity index (χ3v) is 2.32. The maximum atomic E-state index is 5.31. The van der Waals surface area contributed by atoms with Crippen LogP contribution < -0.4 is 4.74 Å². The summed E-state index contributed by atoms with van der Waals surface area (Å²) in [5.74, 6) is 0.818. The van der Waals surface area contributed by atoms with Gasteiger partial charge in [-0.1, -0.05) is 12.1 Å². The Bertz CT molecular complexity index is 480. The van der Waals surface area contributed by atoms with Gasteiger partial charge in [0.25, 0.3) is 0 Å². The Labute approximate surface area is 82.7 Å². The van der Waals surface area contributed by atoms with Gasteiger partial charge in [-0.3, -0.25) is 0 Å². The Morgan fingerprint density at radius 2 is 1.93 bits per heavy atom. The van der Waals surface area contributed by atoms with Crippen molar-refractivity contribution >= 4 is 10.9 Å². The highest BCUT2D eigenvalue weighted by molar-refractivity contribution is 5.87. The van der Waals surface area contributed by atoms with Gasteiger partial charge in [0.2, 0.25) is 0 Å². The molecule has 1 heterocycles. The molecule has 0 fully saturated rings. The van der Waals surface area contributed by atoms with Gasteiger partial charge in [-0.15, -0.1) is 5.10 Å². The number of nitrogens with zero attached hydrogens (tertiary/aromatic N) is 2. The van der Waals surface area contributed by atoms with Crippen LogP contribution in [0.3, 0.4) is 0 Å². The molecule has 0 aliphatic carbocycles. The number of benzene rings is 1. The van der Waals surface area contributed by atoms with Gasteiger partial charge in [0, 0.05) is 5.39 Å². The SMILES string of the molecule is COc1c(C)nnc2c(C)cccc12. The molecule has 3 heteroatoms. The van der Waals surface area contributed by atoms with Crippen molar-refractivity contribution in [2.45, 2.75) is 13.8 Å². The molecule has 3 nitrogen and oxygen atoms in total. The smallest absolute Gasteiger partial charge is 0.151 e. The second kappa shape index (κ2) is 3.25. The number of fused-ring (bicyclic) bond motifs is 1. The molecule has 0 aliphatic rings. The lowest BCUT2D eigenvalue weighted by Crippen LogP contribution is -1.96. The van der Waals surface area contributed by atoms with E-state index in [1.807, 2.05) is 32.0 Å². The largest absolute Gasteiger partial charge is 0.494 e. The van der Waals surface area contributed by atoms with Crippen LogP contribution in [-0.4, -0.2) is 17.3 Å². The Hall–Kier alpha value is -1.64. The van der Waals surface area contributed by atoms with E-state index >= 15 is 0 Å². The van der Waals surface area contributed by atoms with Gasteiger partial charge in [0.15, 0.2) is 5.75 Å². The zero-order chi connectivity index (χ0) is 10.1. The maximum absolute atomic E-state index is 5.31. The normalized spacial score (nSPS) is 10.5. The molecule has 72 valence electrons. The molecule has 0 spiro atoms. The van der Waals surface area contributed by atoms with E-state index in [9.17, 15) is 0 Å². The molecule has 0 aliphatic heterocycles. The van der Waals surface area contributed by atoms with Gasteiger partial charge < -0.3 is 4.74 Å². The minimum atomic E-state index is 0.818. The summed E-state index contributed by atoms with van der Waals surface area (Å²) in [5.41, 5.74) is 2.86. The number of hydrogen-bond donors (Lipinski definition) is 0. The minimum absolute atomic E-state index is 0.818.